The van der Waals surface area contributed by atoms with E-state index in [1.165, 1.54) is 0 Å². The first-order chi connectivity index (χ1) is 7.35. The van der Waals surface area contributed by atoms with Gasteiger partial charge in [-0.1, -0.05) is 6.92 Å². The molecule has 0 fully saturated rings. The molecule has 0 amide bonds. The monoisotopic (exact) mass is 251 g/mol. The molecule has 0 rings (SSSR count). The molecule has 0 saturated heterocycles. The van der Waals surface area contributed by atoms with Gasteiger partial charge in [-0.2, -0.15) is 0 Å². The summed E-state index contributed by atoms with van der Waals surface area (Å²) in [6.07, 6.45) is 0.547. The van der Waals surface area contributed by atoms with Crippen LogP contribution < -0.4 is 10.5 Å². The largest absolute Gasteiger partial charge is 0.329 e. The first-order valence-electron chi connectivity index (χ1n) is 5.73. The molecule has 0 spiro atoms. The van der Waals surface area contributed by atoms with Gasteiger partial charge in [-0.25, -0.2) is 13.1 Å². The molecule has 0 aromatic carbocycles. The number of rotatable bonds is 8. The van der Waals surface area contributed by atoms with Gasteiger partial charge in [-0.05, 0) is 27.3 Å². The lowest BCUT2D eigenvalue weighted by Crippen LogP contribution is -2.42. The zero-order valence-electron chi connectivity index (χ0n) is 10.7. The quantitative estimate of drug-likeness (QED) is 0.636. The summed E-state index contributed by atoms with van der Waals surface area (Å²) in [5, 5.41) is -0.475. The van der Waals surface area contributed by atoms with Crippen molar-refractivity contribution in [2.24, 2.45) is 5.73 Å². The minimum absolute atomic E-state index is 0.172. The molecular weight excluding hydrogens is 226 g/mol. The van der Waals surface area contributed by atoms with Gasteiger partial charge in [0.05, 0.1) is 5.25 Å². The van der Waals surface area contributed by atoms with E-state index in [9.17, 15) is 8.42 Å². The van der Waals surface area contributed by atoms with Gasteiger partial charge < -0.3 is 10.6 Å². The van der Waals surface area contributed by atoms with E-state index >= 15 is 0 Å². The van der Waals surface area contributed by atoms with Gasteiger partial charge >= 0.3 is 0 Å². The average Bonchev–Trinajstić information content (AvgIpc) is 2.18. The third kappa shape index (κ3) is 5.25. The Labute approximate surface area is 99.4 Å². The molecule has 6 heteroatoms. The van der Waals surface area contributed by atoms with Crippen LogP contribution in [0.2, 0.25) is 0 Å². The van der Waals surface area contributed by atoms with Gasteiger partial charge in [0.25, 0.3) is 0 Å². The van der Waals surface area contributed by atoms with Crippen molar-refractivity contribution in [2.75, 3.05) is 26.7 Å². The molecule has 16 heavy (non-hydrogen) atoms. The predicted octanol–water partition coefficient (Wildman–Crippen LogP) is -0.0167. The van der Waals surface area contributed by atoms with E-state index in [1.54, 1.807) is 0 Å². The molecule has 0 bridgehead atoms. The summed E-state index contributed by atoms with van der Waals surface area (Å²) < 4.78 is 26.1. The first kappa shape index (κ1) is 15.8. The summed E-state index contributed by atoms with van der Waals surface area (Å²) in [6, 6.07) is 0.418. The molecule has 0 aromatic rings. The Kier molecular flexibility index (Phi) is 7.14. The van der Waals surface area contributed by atoms with Crippen molar-refractivity contribution in [1.29, 1.82) is 0 Å². The average molecular weight is 251 g/mol. The van der Waals surface area contributed by atoms with E-state index in [2.05, 4.69) is 23.5 Å². The second-order valence-corrected chi connectivity index (χ2v) is 6.33. The van der Waals surface area contributed by atoms with Gasteiger partial charge in [0.2, 0.25) is 10.0 Å². The van der Waals surface area contributed by atoms with Crippen LogP contribution in [0.4, 0.5) is 0 Å². The molecule has 3 N–H and O–H groups in total. The van der Waals surface area contributed by atoms with Crippen molar-refractivity contribution in [2.45, 2.75) is 38.5 Å². The topological polar surface area (TPSA) is 75.4 Å². The Morgan fingerprint density at radius 3 is 2.31 bits per heavy atom. The van der Waals surface area contributed by atoms with Crippen LogP contribution in [0.15, 0.2) is 0 Å². The number of hydrogen-bond donors (Lipinski definition) is 2. The van der Waals surface area contributed by atoms with Crippen molar-refractivity contribution in [3.63, 3.8) is 0 Å². The highest BCUT2D eigenvalue weighted by molar-refractivity contribution is 7.90. The third-order valence-corrected chi connectivity index (χ3v) is 4.82. The van der Waals surface area contributed by atoms with Crippen molar-refractivity contribution in [3.05, 3.63) is 0 Å². The highest BCUT2D eigenvalue weighted by atomic mass is 32.2. The van der Waals surface area contributed by atoms with Crippen LogP contribution in [-0.4, -0.2) is 51.3 Å². The molecular formula is C10H25N3O2S. The van der Waals surface area contributed by atoms with E-state index in [1.807, 2.05) is 14.0 Å². The Morgan fingerprint density at radius 1 is 1.38 bits per heavy atom. The standard InChI is InChI=1S/C10H25N3O2S/c1-5-10(8-11)16(14,15)12-6-7-13(4)9(2)3/h9-10,12H,5-8,11H2,1-4H3. The van der Waals surface area contributed by atoms with Crippen LogP contribution >= 0.6 is 0 Å². The van der Waals surface area contributed by atoms with Gasteiger partial charge in [-0.3, -0.25) is 0 Å². The molecule has 0 aliphatic heterocycles. The molecule has 5 nitrogen and oxygen atoms in total. The number of nitrogens with zero attached hydrogens (tertiary/aromatic N) is 1. The molecule has 0 heterocycles. The molecule has 0 aliphatic rings. The Morgan fingerprint density at radius 2 is 1.94 bits per heavy atom. The maximum absolute atomic E-state index is 11.7. The fraction of sp³-hybridized carbons (Fsp3) is 1.00. The van der Waals surface area contributed by atoms with Crippen molar-refractivity contribution >= 4 is 10.0 Å². The van der Waals surface area contributed by atoms with Crippen LogP contribution in [-0.2, 0) is 10.0 Å². The zero-order valence-corrected chi connectivity index (χ0v) is 11.5. The number of nitrogens with one attached hydrogen (secondary N) is 1. The Balaban J connectivity index is 4.10. The second kappa shape index (κ2) is 7.21. The highest BCUT2D eigenvalue weighted by Gasteiger charge is 2.21. The molecule has 0 aliphatic carbocycles. The lowest BCUT2D eigenvalue weighted by molar-refractivity contribution is 0.278. The normalized spacial score (nSPS) is 14.7. The lowest BCUT2D eigenvalue weighted by Gasteiger charge is -2.22. The summed E-state index contributed by atoms with van der Waals surface area (Å²) in [5.41, 5.74) is 5.42. The van der Waals surface area contributed by atoms with E-state index in [0.717, 1.165) is 0 Å². The van der Waals surface area contributed by atoms with Crippen molar-refractivity contribution in [3.8, 4) is 0 Å². The molecule has 1 unspecified atom stereocenters. The van der Waals surface area contributed by atoms with E-state index in [-0.39, 0.29) is 6.54 Å². The van der Waals surface area contributed by atoms with Gasteiger partial charge in [0, 0.05) is 25.7 Å². The van der Waals surface area contributed by atoms with E-state index < -0.39 is 15.3 Å². The summed E-state index contributed by atoms with van der Waals surface area (Å²) in [6.45, 7) is 7.29. The maximum atomic E-state index is 11.7. The smallest absolute Gasteiger partial charge is 0.215 e. The van der Waals surface area contributed by atoms with Crippen LogP contribution in [0.1, 0.15) is 27.2 Å². The molecule has 0 aromatic heterocycles. The second-order valence-electron chi connectivity index (χ2n) is 4.28. The van der Waals surface area contributed by atoms with Gasteiger partial charge in [0.1, 0.15) is 0 Å². The van der Waals surface area contributed by atoms with E-state index in [4.69, 9.17) is 5.73 Å². The summed E-state index contributed by atoms with van der Waals surface area (Å²) in [4.78, 5) is 2.09. The van der Waals surface area contributed by atoms with Gasteiger partial charge in [-0.15, -0.1) is 0 Å². The van der Waals surface area contributed by atoms with Gasteiger partial charge in [0.15, 0.2) is 0 Å². The van der Waals surface area contributed by atoms with Crippen molar-refractivity contribution < 1.29 is 8.42 Å². The highest BCUT2D eigenvalue weighted by Crippen LogP contribution is 2.01. The molecule has 0 radical (unpaired) electrons. The number of sulfonamides is 1. The minimum atomic E-state index is -3.25. The minimum Gasteiger partial charge on any atom is -0.329 e. The first-order valence-corrected chi connectivity index (χ1v) is 7.28. The number of likely N-dealkylation sites (N-methyl/N-ethyl adjacent to an activating group) is 1. The SMILES string of the molecule is CCC(CN)S(=O)(=O)NCCN(C)C(C)C. The van der Waals surface area contributed by atoms with Crippen LogP contribution in [0, 0.1) is 0 Å². The predicted molar refractivity (Wildman–Crippen MR) is 67.8 cm³/mol. The maximum Gasteiger partial charge on any atom is 0.215 e. The van der Waals surface area contributed by atoms with E-state index in [0.29, 0.717) is 25.6 Å². The summed E-state index contributed by atoms with van der Waals surface area (Å²) in [5.74, 6) is 0. The van der Waals surface area contributed by atoms with Crippen molar-refractivity contribution in [1.82, 2.24) is 9.62 Å². The Bertz CT molecular complexity index is 274. The molecule has 0 saturated carbocycles. The van der Waals surface area contributed by atoms with Crippen LogP contribution in [0.5, 0.6) is 0 Å². The van der Waals surface area contributed by atoms with Crippen LogP contribution in [0.25, 0.3) is 0 Å². The third-order valence-electron chi connectivity index (χ3n) is 2.81. The van der Waals surface area contributed by atoms with Crippen LogP contribution in [0.3, 0.4) is 0 Å². The molecule has 1 atom stereocenters. The summed E-state index contributed by atoms with van der Waals surface area (Å²) >= 11 is 0. The molecule has 98 valence electrons. The number of nitrogens with two attached hydrogens (primary N) is 1. The Hall–Kier alpha value is -0.170. The fourth-order valence-electron chi connectivity index (χ4n) is 1.25. The number of hydrogen-bond acceptors (Lipinski definition) is 4. The fourth-order valence-corrected chi connectivity index (χ4v) is 2.56. The lowest BCUT2D eigenvalue weighted by atomic mass is 10.3. The summed E-state index contributed by atoms with van der Waals surface area (Å²) in [7, 11) is -1.27. The zero-order chi connectivity index (χ0) is 12.8.